The minimum atomic E-state index is 0.0132. The zero-order chi connectivity index (χ0) is 13.8. The lowest BCUT2D eigenvalue weighted by atomic mass is 10.2. The van der Waals surface area contributed by atoms with Gasteiger partial charge in [-0.1, -0.05) is 13.8 Å². The molecule has 1 aliphatic rings. The van der Waals surface area contributed by atoms with Gasteiger partial charge in [0, 0.05) is 32.0 Å². The summed E-state index contributed by atoms with van der Waals surface area (Å²) in [6.45, 7) is 6.10. The summed E-state index contributed by atoms with van der Waals surface area (Å²) in [4.78, 5) is 18.3. The first-order valence-corrected chi connectivity index (χ1v) is 7.07. The van der Waals surface area contributed by atoms with Crippen LogP contribution in [0.2, 0.25) is 0 Å². The first kappa shape index (κ1) is 13.8. The van der Waals surface area contributed by atoms with Crippen LogP contribution >= 0.6 is 0 Å². The fourth-order valence-corrected chi connectivity index (χ4v) is 2.21. The third-order valence-electron chi connectivity index (χ3n) is 3.69. The maximum absolute atomic E-state index is 12.3. The fraction of sp³-hybridized carbons (Fsp3) is 0.600. The van der Waals surface area contributed by atoms with Crippen LogP contribution in [0.15, 0.2) is 18.3 Å². The maximum Gasteiger partial charge on any atom is 0.272 e. The highest BCUT2D eigenvalue weighted by atomic mass is 16.2. The van der Waals surface area contributed by atoms with E-state index in [2.05, 4.69) is 24.1 Å². The zero-order valence-electron chi connectivity index (χ0n) is 12.0. The molecule has 104 valence electrons. The van der Waals surface area contributed by atoms with Crippen molar-refractivity contribution >= 4 is 11.6 Å². The van der Waals surface area contributed by atoms with Crippen molar-refractivity contribution in [3.63, 3.8) is 0 Å². The highest BCUT2D eigenvalue weighted by Gasteiger charge is 2.34. The maximum atomic E-state index is 12.3. The molecule has 0 bridgehead atoms. The number of hydrogen-bond acceptors (Lipinski definition) is 3. The molecule has 2 rings (SSSR count). The highest BCUT2D eigenvalue weighted by Crippen LogP contribution is 2.38. The second-order valence-corrected chi connectivity index (χ2v) is 5.52. The fourth-order valence-electron chi connectivity index (χ4n) is 2.21. The Labute approximate surface area is 115 Å². The summed E-state index contributed by atoms with van der Waals surface area (Å²) in [7, 11) is 1.86. The molecule has 19 heavy (non-hydrogen) atoms. The molecule has 1 aliphatic carbocycles. The van der Waals surface area contributed by atoms with Gasteiger partial charge in [-0.05, 0) is 36.8 Å². The Balaban J connectivity index is 1.97. The average molecular weight is 261 g/mol. The van der Waals surface area contributed by atoms with Crippen LogP contribution in [0.3, 0.4) is 0 Å². The third kappa shape index (κ3) is 3.69. The number of carbonyl (C=O) groups is 1. The summed E-state index contributed by atoms with van der Waals surface area (Å²) in [5.74, 6) is 1.45. The molecular weight excluding hydrogens is 238 g/mol. The van der Waals surface area contributed by atoms with Gasteiger partial charge in [0.1, 0.15) is 5.69 Å². The van der Waals surface area contributed by atoms with Crippen LogP contribution in [0.5, 0.6) is 0 Å². The highest BCUT2D eigenvalue weighted by molar-refractivity contribution is 5.93. The van der Waals surface area contributed by atoms with E-state index in [1.165, 1.54) is 6.42 Å². The van der Waals surface area contributed by atoms with Crippen LogP contribution in [0.1, 0.15) is 37.2 Å². The lowest BCUT2D eigenvalue weighted by molar-refractivity contribution is 0.0781. The molecule has 1 saturated carbocycles. The normalized spacial score (nSPS) is 21.0. The summed E-state index contributed by atoms with van der Waals surface area (Å²) in [5.41, 5.74) is 1.49. The van der Waals surface area contributed by atoms with Gasteiger partial charge in [-0.2, -0.15) is 0 Å². The number of rotatable bonds is 6. The summed E-state index contributed by atoms with van der Waals surface area (Å²) >= 11 is 0. The number of carbonyl (C=O) groups excluding carboxylic acids is 1. The van der Waals surface area contributed by atoms with Crippen LogP contribution in [0.4, 0.5) is 5.69 Å². The molecular formula is C15H23N3O. The van der Waals surface area contributed by atoms with Gasteiger partial charge in [0.15, 0.2) is 0 Å². The summed E-state index contributed by atoms with van der Waals surface area (Å²) < 4.78 is 0. The van der Waals surface area contributed by atoms with Crippen molar-refractivity contribution in [3.05, 3.63) is 24.0 Å². The Hall–Kier alpha value is -1.58. The van der Waals surface area contributed by atoms with Gasteiger partial charge in [-0.25, -0.2) is 0 Å². The van der Waals surface area contributed by atoms with E-state index in [0.717, 1.165) is 31.1 Å². The van der Waals surface area contributed by atoms with Gasteiger partial charge in [0.05, 0.1) is 0 Å². The first-order valence-electron chi connectivity index (χ1n) is 7.07. The molecule has 4 heteroatoms. The van der Waals surface area contributed by atoms with Crippen LogP contribution in [-0.4, -0.2) is 35.9 Å². The first-order chi connectivity index (χ1) is 9.11. The standard InChI is InChI=1S/C15H23N3O/c1-4-6-16-13-5-7-17-14(9-13)15(19)18(3)10-12-8-11(12)2/h5,7,9,11-12H,4,6,8,10H2,1-3H3,(H,16,17). The lowest BCUT2D eigenvalue weighted by Gasteiger charge is -2.17. The van der Waals surface area contributed by atoms with Crippen LogP contribution in [0, 0.1) is 11.8 Å². The van der Waals surface area contributed by atoms with Crippen molar-refractivity contribution in [2.45, 2.75) is 26.7 Å². The molecule has 1 amide bonds. The molecule has 2 atom stereocenters. The van der Waals surface area contributed by atoms with E-state index < -0.39 is 0 Å². The molecule has 0 radical (unpaired) electrons. The van der Waals surface area contributed by atoms with Gasteiger partial charge in [0.25, 0.3) is 5.91 Å². The number of aromatic nitrogens is 1. The molecule has 1 fully saturated rings. The van der Waals surface area contributed by atoms with Gasteiger partial charge in [-0.15, -0.1) is 0 Å². The Morgan fingerprint density at radius 3 is 2.95 bits per heavy atom. The number of pyridine rings is 1. The molecule has 1 N–H and O–H groups in total. The van der Waals surface area contributed by atoms with Crippen molar-refractivity contribution in [3.8, 4) is 0 Å². The Morgan fingerprint density at radius 2 is 2.32 bits per heavy atom. The van der Waals surface area contributed by atoms with E-state index in [9.17, 15) is 4.79 Å². The van der Waals surface area contributed by atoms with E-state index >= 15 is 0 Å². The molecule has 1 heterocycles. The van der Waals surface area contributed by atoms with Gasteiger partial charge >= 0.3 is 0 Å². The molecule has 2 unspecified atom stereocenters. The number of amides is 1. The molecule has 1 aromatic rings. The van der Waals surface area contributed by atoms with Crippen molar-refractivity contribution in [1.82, 2.24) is 9.88 Å². The molecule has 0 saturated heterocycles. The summed E-state index contributed by atoms with van der Waals surface area (Å²) in [5, 5.41) is 3.28. The number of nitrogens with one attached hydrogen (secondary N) is 1. The Kier molecular flexibility index (Phi) is 4.40. The SMILES string of the molecule is CCCNc1ccnc(C(=O)N(C)CC2CC2C)c1. The second-order valence-electron chi connectivity index (χ2n) is 5.52. The van der Waals surface area contributed by atoms with E-state index in [1.807, 2.05) is 19.2 Å². The summed E-state index contributed by atoms with van der Waals surface area (Å²) in [6, 6.07) is 3.74. The van der Waals surface area contributed by atoms with Crippen molar-refractivity contribution < 1.29 is 4.79 Å². The van der Waals surface area contributed by atoms with Crippen molar-refractivity contribution in [2.24, 2.45) is 11.8 Å². The molecule has 0 spiro atoms. The van der Waals surface area contributed by atoms with Crippen molar-refractivity contribution in [1.29, 1.82) is 0 Å². The number of nitrogens with zero attached hydrogens (tertiary/aromatic N) is 2. The third-order valence-corrected chi connectivity index (χ3v) is 3.69. The summed E-state index contributed by atoms with van der Waals surface area (Å²) in [6.07, 6.45) is 3.99. The van der Waals surface area contributed by atoms with E-state index in [-0.39, 0.29) is 5.91 Å². The number of hydrogen-bond donors (Lipinski definition) is 1. The van der Waals surface area contributed by atoms with Crippen LogP contribution in [0.25, 0.3) is 0 Å². The lowest BCUT2D eigenvalue weighted by Crippen LogP contribution is -2.29. The number of anilines is 1. The Morgan fingerprint density at radius 1 is 1.58 bits per heavy atom. The topological polar surface area (TPSA) is 45.2 Å². The predicted octanol–water partition coefficient (Wildman–Crippen LogP) is 2.63. The average Bonchev–Trinajstić information content (AvgIpc) is 3.11. The van der Waals surface area contributed by atoms with Crippen LogP contribution < -0.4 is 5.32 Å². The largest absolute Gasteiger partial charge is 0.385 e. The minimum Gasteiger partial charge on any atom is -0.385 e. The quantitative estimate of drug-likeness (QED) is 0.856. The molecule has 0 aliphatic heterocycles. The zero-order valence-corrected chi connectivity index (χ0v) is 12.0. The minimum absolute atomic E-state index is 0.0132. The van der Waals surface area contributed by atoms with Gasteiger partial charge in [0.2, 0.25) is 0 Å². The molecule has 4 nitrogen and oxygen atoms in total. The molecule has 0 aromatic carbocycles. The molecule has 1 aromatic heterocycles. The van der Waals surface area contributed by atoms with Gasteiger partial charge in [-0.3, -0.25) is 9.78 Å². The monoisotopic (exact) mass is 261 g/mol. The van der Waals surface area contributed by atoms with Crippen LogP contribution in [-0.2, 0) is 0 Å². The van der Waals surface area contributed by atoms with E-state index in [0.29, 0.717) is 11.6 Å². The smallest absolute Gasteiger partial charge is 0.272 e. The van der Waals surface area contributed by atoms with E-state index in [4.69, 9.17) is 0 Å². The van der Waals surface area contributed by atoms with Gasteiger partial charge < -0.3 is 10.2 Å². The van der Waals surface area contributed by atoms with E-state index in [1.54, 1.807) is 11.1 Å². The Bertz CT molecular complexity index is 447. The van der Waals surface area contributed by atoms with Crippen molar-refractivity contribution in [2.75, 3.05) is 25.5 Å². The second kappa shape index (κ2) is 6.04. The predicted molar refractivity (Wildman–Crippen MR) is 77.2 cm³/mol.